The molecule has 0 aromatic heterocycles. The minimum Gasteiger partial charge on any atom is -0.461 e. The number of esters is 4. The van der Waals surface area contributed by atoms with Crippen LogP contribution in [0, 0.1) is 0 Å². The second kappa shape index (κ2) is 20.4. The number of benzene rings is 4. The standard InChI is InChI=1S/C39H40N2O9/c42-35(47-25-29-13-5-1-6-14-29)23-21-33(37(44)49-27-31-17-9-3-10-18-31)40-39(46)41-34(38(45)50-28-32-19-11-4-12-20-32)22-24-36(43)48-26-30-15-7-2-8-16-30/h1-20,33-34H,21-28H2,(H2,40,41,46)/t33-,34-/m0/s1. The van der Waals surface area contributed by atoms with Crippen molar-refractivity contribution in [3.8, 4) is 0 Å². The molecular weight excluding hydrogens is 640 g/mol. The van der Waals surface area contributed by atoms with Gasteiger partial charge in [-0.15, -0.1) is 0 Å². The third kappa shape index (κ3) is 13.6. The fourth-order valence-electron chi connectivity index (χ4n) is 4.66. The first kappa shape index (κ1) is 36.9. The lowest BCUT2D eigenvalue weighted by molar-refractivity contribution is -0.150. The summed E-state index contributed by atoms with van der Waals surface area (Å²) in [5.41, 5.74) is 3.05. The van der Waals surface area contributed by atoms with Crippen molar-refractivity contribution in [2.24, 2.45) is 0 Å². The molecular formula is C39H40N2O9. The Kier molecular flexibility index (Phi) is 15.0. The molecule has 50 heavy (non-hydrogen) atoms. The Balaban J connectivity index is 1.38. The van der Waals surface area contributed by atoms with Gasteiger partial charge in [0.25, 0.3) is 0 Å². The van der Waals surface area contributed by atoms with Crippen LogP contribution in [0.3, 0.4) is 0 Å². The summed E-state index contributed by atoms with van der Waals surface area (Å²) in [4.78, 5) is 64.7. The smallest absolute Gasteiger partial charge is 0.329 e. The van der Waals surface area contributed by atoms with E-state index in [9.17, 15) is 24.0 Å². The maximum Gasteiger partial charge on any atom is 0.329 e. The fraction of sp³-hybridized carbons (Fsp3) is 0.256. The summed E-state index contributed by atoms with van der Waals surface area (Å²) in [6.45, 7) is -0.0105. The molecule has 2 amide bonds. The van der Waals surface area contributed by atoms with E-state index in [0.717, 1.165) is 22.3 Å². The molecule has 0 aliphatic rings. The highest BCUT2D eigenvalue weighted by molar-refractivity contribution is 5.87. The third-order valence-electron chi connectivity index (χ3n) is 7.39. The molecule has 0 heterocycles. The van der Waals surface area contributed by atoms with Gasteiger partial charge in [-0.05, 0) is 35.1 Å². The quantitative estimate of drug-likeness (QED) is 0.102. The van der Waals surface area contributed by atoms with Crippen LogP contribution in [-0.2, 0) is 64.6 Å². The molecule has 0 radical (unpaired) electrons. The number of ether oxygens (including phenoxy) is 4. The molecule has 4 rings (SSSR count). The normalized spacial score (nSPS) is 11.7. The summed E-state index contributed by atoms with van der Waals surface area (Å²) in [5, 5.41) is 5.04. The van der Waals surface area contributed by atoms with Gasteiger partial charge in [-0.3, -0.25) is 9.59 Å². The molecule has 4 aromatic carbocycles. The van der Waals surface area contributed by atoms with Crippen molar-refractivity contribution in [1.29, 1.82) is 0 Å². The Morgan fingerprint density at radius 3 is 1.00 bits per heavy atom. The number of hydrogen-bond acceptors (Lipinski definition) is 9. The summed E-state index contributed by atoms with van der Waals surface area (Å²) in [7, 11) is 0. The predicted octanol–water partition coefficient (Wildman–Crippen LogP) is 5.56. The molecule has 0 fully saturated rings. The van der Waals surface area contributed by atoms with Gasteiger partial charge in [0.1, 0.15) is 38.5 Å². The zero-order valence-corrected chi connectivity index (χ0v) is 27.5. The SMILES string of the molecule is O=C(N[C@@H](CCC(=O)OCc1ccccc1)C(=O)OCc1ccccc1)N[C@@H](CCC(=O)OCc1ccccc1)C(=O)OCc1ccccc1. The van der Waals surface area contributed by atoms with Crippen LogP contribution in [0.4, 0.5) is 4.79 Å². The predicted molar refractivity (Wildman–Crippen MR) is 183 cm³/mol. The number of hydrogen-bond donors (Lipinski definition) is 2. The lowest BCUT2D eigenvalue weighted by Gasteiger charge is -2.21. The largest absolute Gasteiger partial charge is 0.461 e. The van der Waals surface area contributed by atoms with Crippen molar-refractivity contribution < 1.29 is 42.9 Å². The zero-order chi connectivity index (χ0) is 35.4. The van der Waals surface area contributed by atoms with Gasteiger partial charge in [-0.1, -0.05) is 121 Å². The second-order valence-corrected chi connectivity index (χ2v) is 11.3. The number of urea groups is 1. The van der Waals surface area contributed by atoms with Gasteiger partial charge in [0.2, 0.25) is 0 Å². The number of carbonyl (C=O) groups excluding carboxylic acids is 5. The first-order valence-electron chi connectivity index (χ1n) is 16.2. The van der Waals surface area contributed by atoms with Crippen LogP contribution < -0.4 is 10.6 Å². The molecule has 0 spiro atoms. The molecule has 0 bridgehead atoms. The maximum absolute atomic E-state index is 13.3. The number of rotatable bonds is 18. The van der Waals surface area contributed by atoms with E-state index in [4.69, 9.17) is 18.9 Å². The van der Waals surface area contributed by atoms with Crippen molar-refractivity contribution in [3.63, 3.8) is 0 Å². The first-order valence-corrected chi connectivity index (χ1v) is 16.2. The van der Waals surface area contributed by atoms with Crippen molar-refractivity contribution in [3.05, 3.63) is 144 Å². The average molecular weight is 681 g/mol. The van der Waals surface area contributed by atoms with Crippen molar-refractivity contribution in [2.75, 3.05) is 0 Å². The third-order valence-corrected chi connectivity index (χ3v) is 7.39. The van der Waals surface area contributed by atoms with E-state index in [1.165, 1.54) is 0 Å². The lowest BCUT2D eigenvalue weighted by Crippen LogP contribution is -2.52. The lowest BCUT2D eigenvalue weighted by atomic mass is 10.1. The topological polar surface area (TPSA) is 146 Å². The van der Waals surface area contributed by atoms with Gasteiger partial charge in [0, 0.05) is 12.8 Å². The van der Waals surface area contributed by atoms with E-state index in [1.54, 1.807) is 48.5 Å². The maximum atomic E-state index is 13.3. The van der Waals surface area contributed by atoms with Crippen molar-refractivity contribution in [2.45, 2.75) is 64.2 Å². The van der Waals surface area contributed by atoms with Crippen LogP contribution in [0.1, 0.15) is 47.9 Å². The van der Waals surface area contributed by atoms with Gasteiger partial charge in [0.05, 0.1) is 0 Å². The fourth-order valence-corrected chi connectivity index (χ4v) is 4.66. The van der Waals surface area contributed by atoms with E-state index in [1.807, 2.05) is 72.8 Å². The molecule has 0 saturated heterocycles. The Labute approximate surface area is 290 Å². The Morgan fingerprint density at radius 2 is 0.700 bits per heavy atom. The van der Waals surface area contributed by atoms with Gasteiger partial charge >= 0.3 is 29.9 Å². The summed E-state index contributed by atoms with van der Waals surface area (Å²) in [6.07, 6.45) is -0.671. The minimum absolute atomic E-state index is 0.0528. The van der Waals surface area contributed by atoms with Crippen LogP contribution in [0.15, 0.2) is 121 Å². The highest BCUT2D eigenvalue weighted by Crippen LogP contribution is 2.11. The zero-order valence-electron chi connectivity index (χ0n) is 27.5. The Bertz CT molecular complexity index is 1530. The molecule has 0 aliphatic heterocycles. The average Bonchev–Trinajstić information content (AvgIpc) is 3.16. The monoisotopic (exact) mass is 680 g/mol. The second-order valence-electron chi connectivity index (χ2n) is 11.3. The van der Waals surface area contributed by atoms with Crippen LogP contribution in [0.25, 0.3) is 0 Å². The molecule has 11 heteroatoms. The van der Waals surface area contributed by atoms with E-state index in [-0.39, 0.29) is 52.1 Å². The number of nitrogens with one attached hydrogen (secondary N) is 2. The summed E-state index contributed by atoms with van der Waals surface area (Å²) < 4.78 is 21.6. The number of amides is 2. The van der Waals surface area contributed by atoms with E-state index in [2.05, 4.69) is 10.6 Å². The molecule has 0 unspecified atom stereocenters. The van der Waals surface area contributed by atoms with Gasteiger partial charge < -0.3 is 29.6 Å². The molecule has 0 aliphatic carbocycles. The Morgan fingerprint density at radius 1 is 0.420 bits per heavy atom. The van der Waals surface area contributed by atoms with Crippen LogP contribution in [-0.4, -0.2) is 42.0 Å². The van der Waals surface area contributed by atoms with Gasteiger partial charge in [-0.2, -0.15) is 0 Å². The van der Waals surface area contributed by atoms with Crippen molar-refractivity contribution >= 4 is 29.9 Å². The van der Waals surface area contributed by atoms with E-state index < -0.39 is 42.0 Å². The highest BCUT2D eigenvalue weighted by Gasteiger charge is 2.28. The summed E-state index contributed by atoms with van der Waals surface area (Å²) >= 11 is 0. The molecule has 11 nitrogen and oxygen atoms in total. The molecule has 2 N–H and O–H groups in total. The van der Waals surface area contributed by atoms with Gasteiger partial charge in [0.15, 0.2) is 0 Å². The van der Waals surface area contributed by atoms with Crippen LogP contribution in [0.2, 0.25) is 0 Å². The van der Waals surface area contributed by atoms with Gasteiger partial charge in [-0.25, -0.2) is 14.4 Å². The first-order chi connectivity index (χ1) is 24.4. The summed E-state index contributed by atoms with van der Waals surface area (Å²) in [6, 6.07) is 32.7. The van der Waals surface area contributed by atoms with Crippen LogP contribution in [0.5, 0.6) is 0 Å². The van der Waals surface area contributed by atoms with Crippen molar-refractivity contribution in [1.82, 2.24) is 10.6 Å². The van der Waals surface area contributed by atoms with E-state index in [0.29, 0.717) is 0 Å². The van der Waals surface area contributed by atoms with E-state index >= 15 is 0 Å². The Hall–Kier alpha value is -5.97. The minimum atomic E-state index is -1.26. The highest BCUT2D eigenvalue weighted by atomic mass is 16.5. The molecule has 2 atom stereocenters. The molecule has 4 aromatic rings. The molecule has 0 saturated carbocycles. The summed E-state index contributed by atoms with van der Waals surface area (Å²) in [5.74, 6) is -2.72. The molecule has 260 valence electrons. The number of carbonyl (C=O) groups is 5. The van der Waals surface area contributed by atoms with Crippen LogP contribution >= 0.6 is 0 Å².